The van der Waals surface area contributed by atoms with Crippen molar-refractivity contribution in [2.45, 2.75) is 38.0 Å². The molecule has 1 aromatic carbocycles. The minimum atomic E-state index is -0.904. The van der Waals surface area contributed by atoms with Crippen LogP contribution in [-0.4, -0.2) is 16.1 Å². The van der Waals surface area contributed by atoms with Crippen molar-refractivity contribution < 1.29 is 9.90 Å². The first kappa shape index (κ1) is 16.5. The summed E-state index contributed by atoms with van der Waals surface area (Å²) in [5.41, 5.74) is 3.23. The van der Waals surface area contributed by atoms with Crippen LogP contribution in [0.1, 0.15) is 53.9 Å². The van der Waals surface area contributed by atoms with E-state index in [0.717, 1.165) is 29.5 Å². The van der Waals surface area contributed by atoms with Crippen LogP contribution in [0.5, 0.6) is 0 Å². The predicted octanol–water partition coefficient (Wildman–Crippen LogP) is 4.92. The molecule has 2 aromatic rings. The molecule has 1 N–H and O–H groups in total. The molecule has 0 spiro atoms. The fourth-order valence-corrected chi connectivity index (χ4v) is 3.29. The lowest BCUT2D eigenvalue weighted by Gasteiger charge is -2.25. The lowest BCUT2D eigenvalue weighted by Crippen LogP contribution is -2.10. The molecule has 3 rings (SSSR count). The summed E-state index contributed by atoms with van der Waals surface area (Å²) < 4.78 is 0. The SMILES string of the molecule is Cl.O=C(O)c1cncc(C2CCCCC2)c1-c1ccccc1. The van der Waals surface area contributed by atoms with E-state index in [0.29, 0.717) is 11.5 Å². The number of rotatable bonds is 3. The highest BCUT2D eigenvalue weighted by molar-refractivity contribution is 5.96. The van der Waals surface area contributed by atoms with E-state index in [1.165, 1.54) is 25.5 Å². The highest BCUT2D eigenvalue weighted by Crippen LogP contribution is 2.39. The van der Waals surface area contributed by atoms with Crippen molar-refractivity contribution in [1.82, 2.24) is 4.98 Å². The topological polar surface area (TPSA) is 50.2 Å². The number of pyridine rings is 1. The van der Waals surface area contributed by atoms with Crippen LogP contribution in [0, 0.1) is 0 Å². The zero-order valence-electron chi connectivity index (χ0n) is 12.4. The first-order valence-electron chi connectivity index (χ1n) is 7.54. The van der Waals surface area contributed by atoms with Gasteiger partial charge in [-0.15, -0.1) is 12.4 Å². The van der Waals surface area contributed by atoms with E-state index in [2.05, 4.69) is 4.98 Å². The molecule has 116 valence electrons. The van der Waals surface area contributed by atoms with Gasteiger partial charge in [-0.3, -0.25) is 4.98 Å². The number of carboxylic acid groups (broad SMARTS) is 1. The molecule has 0 saturated heterocycles. The van der Waals surface area contributed by atoms with E-state index in [1.54, 1.807) is 0 Å². The summed E-state index contributed by atoms with van der Waals surface area (Å²) in [5, 5.41) is 9.51. The number of nitrogens with zero attached hydrogens (tertiary/aromatic N) is 1. The van der Waals surface area contributed by atoms with Gasteiger partial charge in [-0.25, -0.2) is 4.79 Å². The molecule has 1 fully saturated rings. The summed E-state index contributed by atoms with van der Waals surface area (Å²) in [6.45, 7) is 0. The van der Waals surface area contributed by atoms with Gasteiger partial charge in [-0.2, -0.15) is 0 Å². The summed E-state index contributed by atoms with van der Waals surface area (Å²) >= 11 is 0. The number of carboxylic acids is 1. The van der Waals surface area contributed by atoms with Gasteiger partial charge in [0.05, 0.1) is 5.56 Å². The Kier molecular flexibility index (Phi) is 5.56. The lowest BCUT2D eigenvalue weighted by molar-refractivity contribution is 0.0697. The monoisotopic (exact) mass is 317 g/mol. The van der Waals surface area contributed by atoms with Crippen LogP contribution in [0.3, 0.4) is 0 Å². The molecule has 4 heteroatoms. The van der Waals surface area contributed by atoms with Crippen LogP contribution in [-0.2, 0) is 0 Å². The molecular weight excluding hydrogens is 298 g/mol. The number of aromatic nitrogens is 1. The minimum Gasteiger partial charge on any atom is -0.478 e. The second-order valence-corrected chi connectivity index (χ2v) is 5.66. The first-order chi connectivity index (χ1) is 10.3. The molecule has 0 aliphatic heterocycles. The van der Waals surface area contributed by atoms with Crippen LogP contribution < -0.4 is 0 Å². The Labute approximate surface area is 136 Å². The third-order valence-electron chi connectivity index (χ3n) is 4.31. The van der Waals surface area contributed by atoms with Gasteiger partial charge in [-0.05, 0) is 29.9 Å². The van der Waals surface area contributed by atoms with Crippen molar-refractivity contribution >= 4 is 18.4 Å². The maximum Gasteiger partial charge on any atom is 0.337 e. The van der Waals surface area contributed by atoms with E-state index >= 15 is 0 Å². The molecule has 0 amide bonds. The smallest absolute Gasteiger partial charge is 0.337 e. The van der Waals surface area contributed by atoms with Gasteiger partial charge in [0.15, 0.2) is 0 Å². The number of halogens is 1. The second kappa shape index (κ2) is 7.41. The molecule has 1 aliphatic carbocycles. The summed E-state index contributed by atoms with van der Waals surface area (Å²) in [6, 6.07) is 9.81. The van der Waals surface area contributed by atoms with E-state index in [9.17, 15) is 9.90 Å². The van der Waals surface area contributed by atoms with Crippen molar-refractivity contribution in [1.29, 1.82) is 0 Å². The van der Waals surface area contributed by atoms with Crippen molar-refractivity contribution in [3.05, 3.63) is 53.9 Å². The van der Waals surface area contributed by atoms with Crippen LogP contribution in [0.2, 0.25) is 0 Å². The van der Waals surface area contributed by atoms with E-state index in [4.69, 9.17) is 0 Å². The molecule has 0 atom stereocenters. The maximum absolute atomic E-state index is 11.6. The Bertz CT molecular complexity index is 637. The largest absolute Gasteiger partial charge is 0.478 e. The quantitative estimate of drug-likeness (QED) is 0.874. The van der Waals surface area contributed by atoms with E-state index in [-0.39, 0.29) is 12.4 Å². The Morgan fingerprint density at radius 1 is 1.05 bits per heavy atom. The van der Waals surface area contributed by atoms with Crippen LogP contribution in [0.25, 0.3) is 11.1 Å². The molecule has 1 heterocycles. The van der Waals surface area contributed by atoms with E-state index in [1.807, 2.05) is 36.5 Å². The number of hydrogen-bond acceptors (Lipinski definition) is 2. The minimum absolute atomic E-state index is 0. The highest BCUT2D eigenvalue weighted by atomic mass is 35.5. The number of aromatic carboxylic acids is 1. The third kappa shape index (κ3) is 3.30. The van der Waals surface area contributed by atoms with Gasteiger partial charge in [0.1, 0.15) is 0 Å². The molecule has 22 heavy (non-hydrogen) atoms. The van der Waals surface area contributed by atoms with Crippen LogP contribution in [0.15, 0.2) is 42.7 Å². The number of carbonyl (C=O) groups is 1. The first-order valence-corrected chi connectivity index (χ1v) is 7.54. The molecular formula is C18H20ClNO2. The second-order valence-electron chi connectivity index (χ2n) is 5.66. The normalized spacial score (nSPS) is 15.1. The summed E-state index contributed by atoms with van der Waals surface area (Å²) in [7, 11) is 0. The summed E-state index contributed by atoms with van der Waals surface area (Å²) in [4.78, 5) is 15.8. The molecule has 3 nitrogen and oxygen atoms in total. The lowest BCUT2D eigenvalue weighted by atomic mass is 9.80. The van der Waals surface area contributed by atoms with Crippen molar-refractivity contribution in [2.24, 2.45) is 0 Å². The van der Waals surface area contributed by atoms with Crippen molar-refractivity contribution in [3.8, 4) is 11.1 Å². The fraction of sp³-hybridized carbons (Fsp3) is 0.333. The van der Waals surface area contributed by atoms with Gasteiger partial charge in [0, 0.05) is 18.0 Å². The highest BCUT2D eigenvalue weighted by Gasteiger charge is 2.23. The maximum atomic E-state index is 11.6. The van der Waals surface area contributed by atoms with Crippen LogP contribution >= 0.6 is 12.4 Å². The molecule has 0 bridgehead atoms. The molecule has 1 aliphatic rings. The third-order valence-corrected chi connectivity index (χ3v) is 4.31. The van der Waals surface area contributed by atoms with Crippen LogP contribution in [0.4, 0.5) is 0 Å². The fourth-order valence-electron chi connectivity index (χ4n) is 3.29. The Hall–Kier alpha value is -1.87. The van der Waals surface area contributed by atoms with Crippen molar-refractivity contribution in [3.63, 3.8) is 0 Å². The van der Waals surface area contributed by atoms with Gasteiger partial charge in [0.2, 0.25) is 0 Å². The predicted molar refractivity (Wildman–Crippen MR) is 89.7 cm³/mol. The average Bonchev–Trinajstić information content (AvgIpc) is 2.55. The van der Waals surface area contributed by atoms with Gasteiger partial charge < -0.3 is 5.11 Å². The summed E-state index contributed by atoms with van der Waals surface area (Å²) in [5.74, 6) is -0.472. The summed E-state index contributed by atoms with van der Waals surface area (Å²) in [6.07, 6.45) is 9.31. The molecule has 0 radical (unpaired) electrons. The molecule has 1 aromatic heterocycles. The zero-order valence-corrected chi connectivity index (χ0v) is 13.2. The Balaban J connectivity index is 0.00000176. The van der Waals surface area contributed by atoms with E-state index < -0.39 is 5.97 Å². The average molecular weight is 318 g/mol. The number of benzene rings is 1. The Morgan fingerprint density at radius 2 is 1.73 bits per heavy atom. The van der Waals surface area contributed by atoms with Crippen molar-refractivity contribution in [2.75, 3.05) is 0 Å². The van der Waals surface area contributed by atoms with Gasteiger partial charge in [-0.1, -0.05) is 49.6 Å². The molecule has 0 unspecified atom stereocenters. The zero-order chi connectivity index (χ0) is 14.7. The number of hydrogen-bond donors (Lipinski definition) is 1. The standard InChI is InChI=1S/C18H19NO2.ClH/c20-18(21)16-12-19-11-15(13-7-3-1-4-8-13)17(16)14-9-5-2-6-10-14;/h2,5-6,9-13H,1,3-4,7-8H2,(H,20,21);1H. The van der Waals surface area contributed by atoms with Gasteiger partial charge >= 0.3 is 5.97 Å². The Morgan fingerprint density at radius 3 is 2.36 bits per heavy atom. The molecule has 1 saturated carbocycles. The van der Waals surface area contributed by atoms with Gasteiger partial charge in [0.25, 0.3) is 0 Å².